The molecule has 51 nitrogen and oxygen atoms in total. The quantitative estimate of drug-likeness (QED) is 0.0164. The normalized spacial score (nSPS) is 15.6. The lowest BCUT2D eigenvalue weighted by Crippen LogP contribution is -2.62. The Morgan fingerprint density at radius 1 is 0.444 bits per heavy atom. The molecule has 0 aromatic heterocycles. The van der Waals surface area contributed by atoms with Crippen molar-refractivity contribution in [3.63, 3.8) is 0 Å². The molecule has 1 aliphatic heterocycles. The number of nitrogens with zero attached hydrogens (tertiary/aromatic N) is 1. The number of benzene rings is 1. The fourth-order valence-electron chi connectivity index (χ4n) is 13.5. The molecule has 2 rings (SSSR count). The zero-order chi connectivity index (χ0) is 102. The van der Waals surface area contributed by atoms with E-state index < -0.39 is 315 Å². The summed E-state index contributed by atoms with van der Waals surface area (Å²) in [6.07, 6.45) is -7.18. The molecule has 1 aromatic carbocycles. The first-order valence-electron chi connectivity index (χ1n) is 43.7. The number of guanidine groups is 1. The Morgan fingerprint density at radius 3 is 1.30 bits per heavy atom. The molecule has 0 aliphatic carbocycles. The van der Waals surface area contributed by atoms with Gasteiger partial charge in [-0.2, -0.15) is 0 Å². The van der Waals surface area contributed by atoms with Crippen LogP contribution >= 0.6 is 11.8 Å². The first kappa shape index (κ1) is 118. The van der Waals surface area contributed by atoms with Gasteiger partial charge in [0.2, 0.25) is 118 Å². The molecule has 52 heteroatoms. The summed E-state index contributed by atoms with van der Waals surface area (Å²) in [5.74, 6) is -27.4. The Balaban J connectivity index is 2.37. The van der Waals surface area contributed by atoms with Gasteiger partial charge >= 0.3 is 17.9 Å². The summed E-state index contributed by atoms with van der Waals surface area (Å²) in [5, 5.41) is 98.0. The molecule has 0 spiro atoms. The summed E-state index contributed by atoms with van der Waals surface area (Å²) >= 11 is 0.854. The van der Waals surface area contributed by atoms with Gasteiger partial charge in [-0.1, -0.05) is 85.7 Å². The van der Waals surface area contributed by atoms with Gasteiger partial charge in [-0.15, -0.1) is 11.8 Å². The summed E-state index contributed by atoms with van der Waals surface area (Å²) in [4.78, 5) is 308. The lowest BCUT2D eigenvalue weighted by atomic mass is 9.99. The smallest absolute Gasteiger partial charge is 0.303 e. The van der Waals surface area contributed by atoms with Crippen LogP contribution < -0.4 is 113 Å². The maximum Gasteiger partial charge on any atom is 0.303 e. The molecule has 31 N–H and O–H groups in total. The van der Waals surface area contributed by atoms with Crippen LogP contribution in [0.2, 0.25) is 0 Å². The number of hydrogen-bond donors (Lipinski definition) is 27. The Kier molecular flexibility index (Phi) is 52.2. The van der Waals surface area contributed by atoms with Crippen molar-refractivity contribution in [3.05, 3.63) is 35.9 Å². The monoisotopic (exact) mass is 1930 g/mol. The maximum absolute atomic E-state index is 14.5. The first-order chi connectivity index (χ1) is 63.1. The van der Waals surface area contributed by atoms with Crippen LogP contribution in [0.4, 0.5) is 0 Å². The average Bonchev–Trinajstić information content (AvgIpc) is 1.67. The van der Waals surface area contributed by atoms with Gasteiger partial charge in [0.15, 0.2) is 5.96 Å². The van der Waals surface area contributed by atoms with Crippen LogP contribution in [0.3, 0.4) is 0 Å². The van der Waals surface area contributed by atoms with E-state index in [1.807, 2.05) is 0 Å². The predicted molar refractivity (Wildman–Crippen MR) is 481 cm³/mol. The maximum atomic E-state index is 14.5. The number of aliphatic hydroxyl groups is 2. The van der Waals surface area contributed by atoms with E-state index in [4.69, 9.17) is 28.3 Å². The molecule has 0 unspecified atom stereocenters. The van der Waals surface area contributed by atoms with Gasteiger partial charge in [0, 0.05) is 51.4 Å². The molecule has 135 heavy (non-hydrogen) atoms. The summed E-state index contributed by atoms with van der Waals surface area (Å²) < 4.78 is 0. The number of carbonyl (C=O) groups excluding carboxylic acids is 20. The fourth-order valence-corrected chi connectivity index (χ4v) is 14.3. The number of amides is 20. The lowest BCUT2D eigenvalue weighted by molar-refractivity contribution is -0.143. The van der Waals surface area contributed by atoms with E-state index in [0.717, 1.165) is 23.6 Å². The van der Waals surface area contributed by atoms with E-state index in [0.29, 0.717) is 5.56 Å². The number of nitrogens with one attached hydrogen (secondary N) is 18. The van der Waals surface area contributed by atoms with Crippen molar-refractivity contribution >= 4 is 154 Å². The zero-order valence-electron chi connectivity index (χ0n) is 77.3. The van der Waals surface area contributed by atoms with Gasteiger partial charge in [0.1, 0.15) is 90.6 Å². The minimum Gasteiger partial charge on any atom is -0.481 e. The number of rotatable bonds is 63. The highest BCUT2D eigenvalue weighted by Gasteiger charge is 2.43. The van der Waals surface area contributed by atoms with Crippen LogP contribution in [-0.4, -0.2) is 313 Å². The van der Waals surface area contributed by atoms with E-state index in [1.165, 1.54) is 27.7 Å². The van der Waals surface area contributed by atoms with Crippen molar-refractivity contribution in [2.24, 2.45) is 46.6 Å². The van der Waals surface area contributed by atoms with Crippen molar-refractivity contribution in [1.82, 2.24) is 95.3 Å². The van der Waals surface area contributed by atoms with E-state index in [2.05, 4.69) is 90.4 Å². The number of nitrogens with two attached hydrogens (primary N) is 4. The van der Waals surface area contributed by atoms with Crippen LogP contribution in [0.25, 0.3) is 0 Å². The molecule has 754 valence electrons. The number of aliphatic hydroxyl groups excluding tert-OH is 2. The molecular formula is C83H133N23O28S. The molecule has 0 bridgehead atoms. The second kappa shape index (κ2) is 59.9. The molecule has 1 saturated heterocycles. The van der Waals surface area contributed by atoms with Crippen LogP contribution in [0, 0.1) is 29.1 Å². The van der Waals surface area contributed by atoms with Gasteiger partial charge in [-0.25, -0.2) is 0 Å². The summed E-state index contributed by atoms with van der Waals surface area (Å²) in [6, 6.07) is -16.0. The van der Waals surface area contributed by atoms with Crippen molar-refractivity contribution in [3.8, 4) is 0 Å². The summed E-state index contributed by atoms with van der Waals surface area (Å²) in [6.45, 7) is 13.5. The second-order valence-electron chi connectivity index (χ2n) is 33.9. The fraction of sp³-hybridized carbons (Fsp3) is 0.639. The molecule has 0 saturated carbocycles. The van der Waals surface area contributed by atoms with Crippen molar-refractivity contribution in [2.75, 3.05) is 44.3 Å². The van der Waals surface area contributed by atoms with E-state index >= 15 is 0 Å². The van der Waals surface area contributed by atoms with Crippen LogP contribution in [0.5, 0.6) is 0 Å². The number of carboxylic acids is 3. The number of thioether (sulfide) groups is 1. The number of primary amides is 3. The predicted octanol–water partition coefficient (Wildman–Crippen LogP) is -9.12. The molecule has 1 heterocycles. The summed E-state index contributed by atoms with van der Waals surface area (Å²) in [7, 11) is 0. The minimum atomic E-state index is -2.08. The third kappa shape index (κ3) is 45.7. The molecule has 0 radical (unpaired) electrons. The van der Waals surface area contributed by atoms with Crippen molar-refractivity contribution in [1.29, 1.82) is 5.41 Å². The lowest BCUT2D eigenvalue weighted by Gasteiger charge is -2.30. The number of carboxylic acid groups (broad SMARTS) is 3. The molecule has 1 fully saturated rings. The standard InChI is InChI=1S/C83H133N23O28S/c1-39(2)29-51(93-45(11)109)75(127)98-49(22-25-64(116)117)72(124)96-47(19-15-27-89-83(87)88)71(123)101-54(32-46-17-13-12-14-18-46)74(126)92-43(9)69(121)104-66(42(7)8)80(132)102-55(33-59(84)110)82(134)106-28-16-20-58(106)79(131)91-35-61(112)94-52(30-40(3)4)76(128)100-53(31-41(5)6)77(129)99-50(23-26-65(118)119)73(125)105-67(44(10)108)81(133)103-56(36-107)78(130)97-48(21-24-63(114)115)70(122)90-34-62(113)95-57(68(86)120)37-135-38-60(85)111/h12-14,17-18,39-44,47-58,66-67,107-108H,15-16,19-38H2,1-11H3,(H2,84,110)(H2,85,111)(H2,86,120)(H,90,122)(H,91,131)(H,92,126)(H,93,109)(H,94,112)(H,95,113)(H,96,124)(H,97,130)(H,98,127)(H,99,129)(H,100,128)(H,101,123)(H,102,132)(H,103,133)(H,104,121)(H,105,125)(H,114,115)(H,116,117)(H,118,119)(H4,87,88,89)/t43-,44+,47-,48-,49-,50-,51-,52-,53-,54-,55-,56-,57-,58-,66-,67-/m0/s1. The van der Waals surface area contributed by atoms with Crippen LogP contribution in [0.1, 0.15) is 172 Å². The van der Waals surface area contributed by atoms with Crippen LogP contribution in [0.15, 0.2) is 30.3 Å². The molecule has 1 aliphatic rings. The number of aliphatic carboxylic acids is 3. The highest BCUT2D eigenvalue weighted by Crippen LogP contribution is 2.21. The molecule has 1 aromatic rings. The van der Waals surface area contributed by atoms with E-state index in [-0.39, 0.29) is 87.8 Å². The van der Waals surface area contributed by atoms with Gasteiger partial charge < -0.3 is 144 Å². The van der Waals surface area contributed by atoms with E-state index in [9.17, 15) is 136 Å². The van der Waals surface area contributed by atoms with Gasteiger partial charge in [0.05, 0.1) is 38.0 Å². The molecule has 16 atom stereocenters. The van der Waals surface area contributed by atoms with Crippen molar-refractivity contribution in [2.45, 2.75) is 269 Å². The Labute approximate surface area is 782 Å². The Bertz CT molecular complexity index is 4330. The zero-order valence-corrected chi connectivity index (χ0v) is 78.1. The highest BCUT2D eigenvalue weighted by molar-refractivity contribution is 8.00. The molecular weight excluding hydrogens is 1800 g/mol. The van der Waals surface area contributed by atoms with Crippen LogP contribution in [-0.2, 0) is 117 Å². The van der Waals surface area contributed by atoms with E-state index in [1.54, 1.807) is 71.9 Å². The molecule has 20 amide bonds. The number of likely N-dealkylation sites (tertiary alicyclic amines) is 1. The third-order valence-electron chi connectivity index (χ3n) is 20.3. The highest BCUT2D eigenvalue weighted by atomic mass is 32.2. The Morgan fingerprint density at radius 2 is 0.852 bits per heavy atom. The summed E-state index contributed by atoms with van der Waals surface area (Å²) in [5.41, 5.74) is 22.0. The second-order valence-corrected chi connectivity index (χ2v) is 34.9. The topological polar surface area (TPSA) is 829 Å². The number of hydrogen-bond acceptors (Lipinski definition) is 27. The average molecular weight is 1930 g/mol. The minimum absolute atomic E-state index is 0.00199. The largest absolute Gasteiger partial charge is 0.481 e. The number of carbonyl (C=O) groups is 23. The Hall–Kier alpha value is -13.4. The van der Waals surface area contributed by atoms with Gasteiger partial charge in [0.25, 0.3) is 0 Å². The van der Waals surface area contributed by atoms with Gasteiger partial charge in [-0.05, 0) is 107 Å². The van der Waals surface area contributed by atoms with Crippen molar-refractivity contribution < 1.29 is 136 Å². The van der Waals surface area contributed by atoms with Gasteiger partial charge in [-0.3, -0.25) is 116 Å². The third-order valence-corrected chi connectivity index (χ3v) is 21.3. The first-order valence-corrected chi connectivity index (χ1v) is 44.9. The SMILES string of the molecule is CC(=O)N[C@@H](CC(C)C)C(=O)N[C@@H](CCC(=O)O)C(=O)N[C@@H](CCCNC(=N)N)C(=O)N[C@@H](Cc1ccccc1)C(=O)N[C@@H](C)C(=O)N[C@H](C(=O)N[C@@H](CC(N)=O)C(=O)N1CCC[C@H]1C(=O)NCC(=O)N[C@@H](CC(C)C)C(=O)N[C@@H](CC(C)C)C(=O)N[C@@H](CCC(=O)O)C(=O)N[C@H](C(=O)N[C@@H](CO)C(=O)N[C@@H](CCC(=O)O)C(=O)NCC(=O)N[C@@H](CSCC(N)=O)C(N)=O)[C@@H](C)O)C(C)C.